The molecule has 0 aliphatic heterocycles. The normalized spacial score (nSPS) is 13.0. The third kappa shape index (κ3) is 2.60. The fourth-order valence-corrected chi connectivity index (χ4v) is 1.08. The van der Waals surface area contributed by atoms with Crippen molar-refractivity contribution in [2.75, 3.05) is 0 Å². The zero-order valence-corrected chi connectivity index (χ0v) is 7.42. The molecule has 0 saturated carbocycles. The number of hydrogen-bond acceptors (Lipinski definition) is 0. The molecule has 0 aromatic carbocycles. The lowest BCUT2D eigenvalue weighted by molar-refractivity contribution is -0.428. The number of halogens is 6. The summed E-state index contributed by atoms with van der Waals surface area (Å²) in [6, 6.07) is 0.458. The van der Waals surface area contributed by atoms with Crippen molar-refractivity contribution in [2.24, 2.45) is 0 Å². The maximum atomic E-state index is 12.2. The van der Waals surface area contributed by atoms with Crippen LogP contribution in [0.3, 0.4) is 0 Å². The predicted molar refractivity (Wildman–Crippen MR) is 37.7 cm³/mol. The summed E-state index contributed by atoms with van der Waals surface area (Å²) < 4.78 is 72.8. The maximum absolute atomic E-state index is 12.2. The molecule has 0 aliphatic rings. The average Bonchev–Trinajstić information content (AvgIpc) is 1.99. The first-order valence-electron chi connectivity index (χ1n) is 3.79. The number of hydrogen-bond donors (Lipinski definition) is 0. The highest BCUT2D eigenvalue weighted by Crippen LogP contribution is 2.32. The Labute approximate surface area is 80.7 Å². The standard InChI is InChI=1S/C8H5F6N/c1-4-2-5(7(9,10)11)3-15-6(4)8(12,13)14/h2-3H,1H3/p+1. The minimum Gasteiger partial charge on any atom is -0.207 e. The van der Waals surface area contributed by atoms with E-state index in [2.05, 4.69) is 0 Å². The SMILES string of the molecule is Cc1cc(C(F)(F)F)c[nH+]c1C(F)(F)F. The lowest BCUT2D eigenvalue weighted by atomic mass is 10.1. The van der Waals surface area contributed by atoms with Crippen LogP contribution in [0.2, 0.25) is 0 Å². The van der Waals surface area contributed by atoms with Crippen LogP contribution in [-0.4, -0.2) is 0 Å². The van der Waals surface area contributed by atoms with Gasteiger partial charge in [0.05, 0.1) is 0 Å². The van der Waals surface area contributed by atoms with E-state index in [-0.39, 0.29) is 0 Å². The molecule has 1 aromatic rings. The highest BCUT2D eigenvalue weighted by Gasteiger charge is 2.42. The van der Waals surface area contributed by atoms with Crippen LogP contribution >= 0.6 is 0 Å². The Balaban J connectivity index is 3.21. The Morgan fingerprint density at radius 2 is 1.53 bits per heavy atom. The zero-order chi connectivity index (χ0) is 11.9. The first kappa shape index (κ1) is 11.8. The Hall–Kier alpha value is -1.27. The van der Waals surface area contributed by atoms with E-state index < -0.39 is 29.2 Å². The summed E-state index contributed by atoms with van der Waals surface area (Å²) in [4.78, 5) is 1.61. The third-order valence-electron chi connectivity index (χ3n) is 1.75. The van der Waals surface area contributed by atoms with E-state index in [9.17, 15) is 26.3 Å². The van der Waals surface area contributed by atoms with Gasteiger partial charge in [0, 0.05) is 5.56 Å². The number of H-pyrrole nitrogens is 1. The average molecular weight is 230 g/mol. The van der Waals surface area contributed by atoms with Gasteiger partial charge in [0.2, 0.25) is 0 Å². The van der Waals surface area contributed by atoms with Gasteiger partial charge in [-0.25, -0.2) is 4.98 Å². The molecule has 0 spiro atoms. The molecule has 0 unspecified atom stereocenters. The van der Waals surface area contributed by atoms with Crippen LogP contribution in [-0.2, 0) is 12.4 Å². The molecule has 0 atom stereocenters. The molecule has 1 rings (SSSR count). The Morgan fingerprint density at radius 1 is 1.00 bits per heavy atom. The first-order valence-corrected chi connectivity index (χ1v) is 3.79. The highest BCUT2D eigenvalue weighted by atomic mass is 19.4. The molecule has 0 radical (unpaired) electrons. The van der Waals surface area contributed by atoms with Crippen LogP contribution in [0.4, 0.5) is 26.3 Å². The number of aromatic nitrogens is 1. The summed E-state index contributed by atoms with van der Waals surface area (Å²) in [5.41, 5.74) is -2.79. The molecule has 15 heavy (non-hydrogen) atoms. The van der Waals surface area contributed by atoms with Gasteiger partial charge in [-0.05, 0) is 13.0 Å². The molecule has 1 nitrogen and oxygen atoms in total. The number of aromatic amines is 1. The smallest absolute Gasteiger partial charge is 0.207 e. The minimum atomic E-state index is -4.67. The molecule has 0 saturated heterocycles. The molecule has 1 heterocycles. The van der Waals surface area contributed by atoms with Crippen LogP contribution < -0.4 is 4.98 Å². The monoisotopic (exact) mass is 230 g/mol. The van der Waals surface area contributed by atoms with Crippen molar-refractivity contribution in [1.82, 2.24) is 0 Å². The number of rotatable bonds is 0. The van der Waals surface area contributed by atoms with Gasteiger partial charge < -0.3 is 0 Å². The second kappa shape index (κ2) is 3.39. The van der Waals surface area contributed by atoms with E-state index in [4.69, 9.17) is 0 Å². The number of aryl methyl sites for hydroxylation is 1. The van der Waals surface area contributed by atoms with Crippen LogP contribution in [0.25, 0.3) is 0 Å². The van der Waals surface area contributed by atoms with Crippen LogP contribution in [0.15, 0.2) is 12.3 Å². The molecule has 1 N–H and O–H groups in total. The highest BCUT2D eigenvalue weighted by molar-refractivity contribution is 5.23. The molecule has 0 aliphatic carbocycles. The Morgan fingerprint density at radius 3 is 1.87 bits per heavy atom. The summed E-state index contributed by atoms with van der Waals surface area (Å²) in [7, 11) is 0. The van der Waals surface area contributed by atoms with Crippen LogP contribution in [0.1, 0.15) is 16.8 Å². The van der Waals surface area contributed by atoms with E-state index in [1.54, 1.807) is 4.98 Å². The Kier molecular flexibility index (Phi) is 2.67. The quantitative estimate of drug-likeness (QED) is 0.608. The third-order valence-corrected chi connectivity index (χ3v) is 1.75. The Bertz CT molecular complexity index is 364. The molecule has 1 aromatic heterocycles. The minimum absolute atomic E-state index is 0.301. The summed E-state index contributed by atoms with van der Waals surface area (Å²) >= 11 is 0. The van der Waals surface area contributed by atoms with Crippen molar-refractivity contribution in [3.63, 3.8) is 0 Å². The van der Waals surface area contributed by atoms with E-state index in [0.29, 0.717) is 12.3 Å². The fourth-order valence-electron chi connectivity index (χ4n) is 1.08. The van der Waals surface area contributed by atoms with E-state index in [1.807, 2.05) is 0 Å². The predicted octanol–water partition coefficient (Wildman–Crippen LogP) is 2.85. The molecule has 84 valence electrons. The van der Waals surface area contributed by atoms with Crippen molar-refractivity contribution >= 4 is 0 Å². The maximum Gasteiger partial charge on any atom is 0.477 e. The lowest BCUT2D eigenvalue weighted by Crippen LogP contribution is -2.25. The van der Waals surface area contributed by atoms with Gasteiger partial charge in [-0.1, -0.05) is 0 Å². The van der Waals surface area contributed by atoms with Gasteiger partial charge in [-0.3, -0.25) is 0 Å². The second-order valence-electron chi connectivity index (χ2n) is 2.94. The molecule has 0 fully saturated rings. The van der Waals surface area contributed by atoms with E-state index in [0.717, 1.165) is 6.92 Å². The van der Waals surface area contributed by atoms with Crippen molar-refractivity contribution in [1.29, 1.82) is 0 Å². The zero-order valence-electron chi connectivity index (χ0n) is 7.42. The van der Waals surface area contributed by atoms with Gasteiger partial charge in [0.1, 0.15) is 5.56 Å². The summed E-state index contributed by atoms with van der Waals surface area (Å²) in [6.07, 6.45) is -9.02. The molecular formula is C8H6F6N+. The second-order valence-corrected chi connectivity index (χ2v) is 2.94. The van der Waals surface area contributed by atoms with E-state index >= 15 is 0 Å². The van der Waals surface area contributed by atoms with Crippen LogP contribution in [0, 0.1) is 6.92 Å². The summed E-state index contributed by atoms with van der Waals surface area (Å²) in [5, 5.41) is 0. The van der Waals surface area contributed by atoms with Gasteiger partial charge in [-0.2, -0.15) is 26.3 Å². The number of pyridine rings is 1. The molecular weight excluding hydrogens is 224 g/mol. The van der Waals surface area contributed by atoms with Crippen molar-refractivity contribution in [3.8, 4) is 0 Å². The van der Waals surface area contributed by atoms with Crippen molar-refractivity contribution in [3.05, 3.63) is 29.1 Å². The van der Waals surface area contributed by atoms with Crippen LogP contribution in [0.5, 0.6) is 0 Å². The molecule has 7 heteroatoms. The molecule has 0 amide bonds. The first-order chi connectivity index (χ1) is 6.62. The summed E-state index contributed by atoms with van der Waals surface area (Å²) in [6.45, 7) is 0.967. The van der Waals surface area contributed by atoms with Gasteiger partial charge in [0.25, 0.3) is 5.69 Å². The largest absolute Gasteiger partial charge is 0.477 e. The number of nitrogens with one attached hydrogen (secondary N) is 1. The van der Waals surface area contributed by atoms with Crippen molar-refractivity contribution < 1.29 is 31.3 Å². The van der Waals surface area contributed by atoms with E-state index in [1.165, 1.54) is 0 Å². The molecule has 0 bridgehead atoms. The van der Waals surface area contributed by atoms with Gasteiger partial charge >= 0.3 is 12.4 Å². The lowest BCUT2D eigenvalue weighted by Gasteiger charge is -2.07. The topological polar surface area (TPSA) is 14.1 Å². The number of alkyl halides is 6. The fraction of sp³-hybridized carbons (Fsp3) is 0.375. The van der Waals surface area contributed by atoms with Crippen molar-refractivity contribution in [2.45, 2.75) is 19.3 Å². The van der Waals surface area contributed by atoms with Gasteiger partial charge in [-0.15, -0.1) is 0 Å². The van der Waals surface area contributed by atoms with Gasteiger partial charge in [0.15, 0.2) is 6.20 Å². The summed E-state index contributed by atoms with van der Waals surface area (Å²) in [5.74, 6) is 0.